The van der Waals surface area contributed by atoms with Crippen LogP contribution in [0, 0.1) is 0 Å². The highest BCUT2D eigenvalue weighted by Crippen LogP contribution is 2.21. The molecule has 4 heteroatoms. The summed E-state index contributed by atoms with van der Waals surface area (Å²) in [7, 11) is -3.30. The molecule has 16 heavy (non-hydrogen) atoms. The largest absolute Gasteiger partial charge is 0.240 e. The predicted octanol–water partition coefficient (Wildman–Crippen LogP) is 2.08. The zero-order valence-corrected chi connectivity index (χ0v) is 10.3. The van der Waals surface area contributed by atoms with Crippen LogP contribution in [-0.4, -0.2) is 14.5 Å². The van der Waals surface area contributed by atoms with Crippen molar-refractivity contribution in [1.82, 2.24) is 4.72 Å². The molecule has 3 nitrogen and oxygen atoms in total. The van der Waals surface area contributed by atoms with E-state index in [1.165, 1.54) is 0 Å². The summed E-state index contributed by atoms with van der Waals surface area (Å²) in [5.74, 6) is 0. The van der Waals surface area contributed by atoms with E-state index in [4.69, 9.17) is 0 Å². The molecular weight excluding hydrogens is 222 g/mol. The van der Waals surface area contributed by atoms with E-state index in [-0.39, 0.29) is 6.04 Å². The summed E-state index contributed by atoms with van der Waals surface area (Å²) in [6, 6.07) is 7.30. The van der Waals surface area contributed by atoms with Crippen LogP contribution in [0.5, 0.6) is 0 Å². The SMILES string of the molecule is CCc1cccc(S(=O)(=O)NC2CCC2)c1. The first kappa shape index (κ1) is 11.6. The van der Waals surface area contributed by atoms with E-state index < -0.39 is 10.0 Å². The Morgan fingerprint density at radius 1 is 1.38 bits per heavy atom. The molecule has 0 bridgehead atoms. The second-order valence-electron chi connectivity index (χ2n) is 4.25. The summed E-state index contributed by atoms with van der Waals surface area (Å²) in [4.78, 5) is 0.388. The quantitative estimate of drug-likeness (QED) is 0.874. The highest BCUT2D eigenvalue weighted by molar-refractivity contribution is 7.89. The Hall–Kier alpha value is -0.870. The van der Waals surface area contributed by atoms with Crippen LogP contribution in [0.15, 0.2) is 29.2 Å². The second kappa shape index (κ2) is 4.55. The van der Waals surface area contributed by atoms with E-state index in [0.717, 1.165) is 31.2 Å². The van der Waals surface area contributed by atoms with Crippen LogP contribution in [0.1, 0.15) is 31.7 Å². The fraction of sp³-hybridized carbons (Fsp3) is 0.500. The molecule has 2 rings (SSSR count). The Kier molecular flexibility index (Phi) is 3.30. The molecule has 0 spiro atoms. The lowest BCUT2D eigenvalue weighted by atomic mass is 9.94. The third-order valence-corrected chi connectivity index (χ3v) is 4.56. The van der Waals surface area contributed by atoms with Crippen LogP contribution in [-0.2, 0) is 16.4 Å². The first-order valence-electron chi connectivity index (χ1n) is 5.73. The molecule has 1 saturated carbocycles. The van der Waals surface area contributed by atoms with Gasteiger partial charge in [-0.2, -0.15) is 0 Å². The Bertz CT molecular complexity index is 464. The van der Waals surface area contributed by atoms with Crippen molar-refractivity contribution in [3.05, 3.63) is 29.8 Å². The first-order valence-corrected chi connectivity index (χ1v) is 7.21. The van der Waals surface area contributed by atoms with E-state index in [1.807, 2.05) is 13.0 Å². The molecule has 0 aliphatic heterocycles. The number of sulfonamides is 1. The van der Waals surface area contributed by atoms with Gasteiger partial charge in [-0.3, -0.25) is 0 Å². The van der Waals surface area contributed by atoms with Crippen molar-refractivity contribution in [2.75, 3.05) is 0 Å². The van der Waals surface area contributed by atoms with Crippen LogP contribution >= 0.6 is 0 Å². The minimum Gasteiger partial charge on any atom is -0.208 e. The highest BCUT2D eigenvalue weighted by Gasteiger charge is 2.24. The first-order chi connectivity index (χ1) is 7.62. The number of aryl methyl sites for hydroxylation is 1. The molecule has 1 aliphatic carbocycles. The number of nitrogens with one attached hydrogen (secondary N) is 1. The average molecular weight is 239 g/mol. The van der Waals surface area contributed by atoms with Crippen molar-refractivity contribution in [2.45, 2.75) is 43.5 Å². The third kappa shape index (κ3) is 2.44. The number of rotatable bonds is 4. The van der Waals surface area contributed by atoms with Gasteiger partial charge in [0, 0.05) is 6.04 Å². The van der Waals surface area contributed by atoms with Crippen LogP contribution in [0.4, 0.5) is 0 Å². The zero-order valence-electron chi connectivity index (χ0n) is 9.44. The van der Waals surface area contributed by atoms with E-state index in [9.17, 15) is 8.42 Å². The molecule has 0 saturated heterocycles. The maximum Gasteiger partial charge on any atom is 0.240 e. The predicted molar refractivity (Wildman–Crippen MR) is 63.8 cm³/mol. The molecule has 88 valence electrons. The molecule has 0 radical (unpaired) electrons. The van der Waals surface area contributed by atoms with E-state index in [1.54, 1.807) is 18.2 Å². The summed E-state index contributed by atoms with van der Waals surface area (Å²) < 4.78 is 26.7. The fourth-order valence-corrected chi connectivity index (χ4v) is 3.12. The molecule has 1 N–H and O–H groups in total. The minimum atomic E-state index is -3.30. The Balaban J connectivity index is 2.20. The standard InChI is InChI=1S/C12H17NO2S/c1-2-10-5-3-8-12(9-10)16(14,15)13-11-6-4-7-11/h3,5,8-9,11,13H,2,4,6-7H2,1H3. The summed E-state index contributed by atoms with van der Waals surface area (Å²) >= 11 is 0. The van der Waals surface area contributed by atoms with Gasteiger partial charge in [0.2, 0.25) is 10.0 Å². The van der Waals surface area contributed by atoms with Crippen LogP contribution in [0.2, 0.25) is 0 Å². The van der Waals surface area contributed by atoms with Gasteiger partial charge in [-0.1, -0.05) is 25.5 Å². The molecule has 0 unspecified atom stereocenters. The van der Waals surface area contributed by atoms with E-state index in [0.29, 0.717) is 4.90 Å². The lowest BCUT2D eigenvalue weighted by molar-refractivity contribution is 0.383. The Morgan fingerprint density at radius 3 is 2.69 bits per heavy atom. The summed E-state index contributed by atoms with van der Waals surface area (Å²) in [6.07, 6.45) is 3.91. The maximum atomic E-state index is 12.0. The van der Waals surface area contributed by atoms with Gasteiger partial charge in [-0.05, 0) is 37.0 Å². The van der Waals surface area contributed by atoms with Crippen molar-refractivity contribution in [1.29, 1.82) is 0 Å². The summed E-state index contributed by atoms with van der Waals surface area (Å²) in [6.45, 7) is 2.02. The van der Waals surface area contributed by atoms with Crippen molar-refractivity contribution in [3.8, 4) is 0 Å². The number of hydrogen-bond acceptors (Lipinski definition) is 2. The van der Waals surface area contributed by atoms with Crippen LogP contribution in [0.25, 0.3) is 0 Å². The zero-order chi connectivity index (χ0) is 11.6. The lowest BCUT2D eigenvalue weighted by Gasteiger charge is -2.26. The third-order valence-electron chi connectivity index (χ3n) is 3.04. The average Bonchev–Trinajstić information content (AvgIpc) is 2.24. The normalized spacial score (nSPS) is 17.1. The molecule has 0 amide bonds. The van der Waals surface area contributed by atoms with Gasteiger partial charge in [0.15, 0.2) is 0 Å². The van der Waals surface area contributed by atoms with Gasteiger partial charge >= 0.3 is 0 Å². The maximum absolute atomic E-state index is 12.0. The van der Waals surface area contributed by atoms with E-state index >= 15 is 0 Å². The van der Waals surface area contributed by atoms with Crippen molar-refractivity contribution in [2.24, 2.45) is 0 Å². The fourth-order valence-electron chi connectivity index (χ4n) is 1.75. The Labute approximate surface area is 96.9 Å². The van der Waals surface area contributed by atoms with Gasteiger partial charge in [0.25, 0.3) is 0 Å². The van der Waals surface area contributed by atoms with Gasteiger partial charge in [0.05, 0.1) is 4.90 Å². The number of benzene rings is 1. The highest BCUT2D eigenvalue weighted by atomic mass is 32.2. The van der Waals surface area contributed by atoms with Gasteiger partial charge in [0.1, 0.15) is 0 Å². The molecule has 0 atom stereocenters. The molecule has 0 heterocycles. The topological polar surface area (TPSA) is 46.2 Å². The lowest BCUT2D eigenvalue weighted by Crippen LogP contribution is -2.39. The Morgan fingerprint density at radius 2 is 2.12 bits per heavy atom. The van der Waals surface area contributed by atoms with Crippen molar-refractivity contribution in [3.63, 3.8) is 0 Å². The smallest absolute Gasteiger partial charge is 0.208 e. The molecule has 1 aliphatic rings. The number of hydrogen-bond donors (Lipinski definition) is 1. The molecule has 1 aromatic carbocycles. The van der Waals surface area contributed by atoms with E-state index in [2.05, 4.69) is 4.72 Å². The van der Waals surface area contributed by atoms with Crippen molar-refractivity contribution < 1.29 is 8.42 Å². The van der Waals surface area contributed by atoms with Crippen LogP contribution < -0.4 is 4.72 Å². The minimum absolute atomic E-state index is 0.148. The second-order valence-corrected chi connectivity index (χ2v) is 5.96. The van der Waals surface area contributed by atoms with Crippen molar-refractivity contribution >= 4 is 10.0 Å². The van der Waals surface area contributed by atoms with Gasteiger partial charge in [-0.25, -0.2) is 13.1 Å². The van der Waals surface area contributed by atoms with Crippen LogP contribution in [0.3, 0.4) is 0 Å². The molecule has 1 aromatic rings. The monoisotopic (exact) mass is 239 g/mol. The summed E-state index contributed by atoms with van der Waals surface area (Å²) in [5.41, 5.74) is 1.05. The molecular formula is C12H17NO2S. The van der Waals surface area contributed by atoms with Gasteiger partial charge in [-0.15, -0.1) is 0 Å². The summed E-state index contributed by atoms with van der Waals surface area (Å²) in [5, 5.41) is 0. The molecule has 1 fully saturated rings. The van der Waals surface area contributed by atoms with Gasteiger partial charge < -0.3 is 0 Å². The molecule has 0 aromatic heterocycles.